The van der Waals surface area contributed by atoms with Crippen molar-refractivity contribution >= 4 is 11.9 Å². The van der Waals surface area contributed by atoms with Crippen molar-refractivity contribution in [1.82, 2.24) is 10.3 Å². The van der Waals surface area contributed by atoms with Crippen molar-refractivity contribution < 1.29 is 14.7 Å². The molecule has 0 radical (unpaired) electrons. The zero-order chi connectivity index (χ0) is 15.3. The van der Waals surface area contributed by atoms with Crippen molar-refractivity contribution in [1.29, 1.82) is 0 Å². The van der Waals surface area contributed by atoms with Crippen LogP contribution in [0.5, 0.6) is 0 Å². The molecule has 4 fully saturated rings. The quantitative estimate of drug-likeness (QED) is 0.898. The molecule has 116 valence electrons. The number of rotatable bonds is 3. The predicted octanol–water partition coefficient (Wildman–Crippen LogP) is 2.48. The SMILES string of the molecule is O=C(O)c1ccnc(C(=O)NC23CC4CC(CC(C4)C2)C3)c1. The molecule has 0 spiro atoms. The van der Waals surface area contributed by atoms with Crippen LogP contribution < -0.4 is 5.32 Å². The second-order valence-corrected chi connectivity index (χ2v) is 7.39. The number of aromatic carboxylic acids is 1. The van der Waals surface area contributed by atoms with Gasteiger partial charge in [-0.2, -0.15) is 0 Å². The van der Waals surface area contributed by atoms with Crippen molar-refractivity contribution in [2.24, 2.45) is 17.8 Å². The summed E-state index contributed by atoms with van der Waals surface area (Å²) in [5.41, 5.74) is 0.230. The van der Waals surface area contributed by atoms with E-state index in [1.807, 2.05) is 0 Å². The average Bonchev–Trinajstić information content (AvgIpc) is 2.45. The molecule has 0 aliphatic heterocycles. The van der Waals surface area contributed by atoms with Gasteiger partial charge in [-0.1, -0.05) is 0 Å². The zero-order valence-corrected chi connectivity index (χ0v) is 12.4. The van der Waals surface area contributed by atoms with Crippen molar-refractivity contribution in [2.75, 3.05) is 0 Å². The number of nitrogens with one attached hydrogen (secondary N) is 1. The molecule has 2 N–H and O–H groups in total. The summed E-state index contributed by atoms with van der Waals surface area (Å²) in [6.07, 6.45) is 8.57. The normalized spacial score (nSPS) is 35.4. The molecule has 4 bridgehead atoms. The molecule has 0 aromatic carbocycles. The molecule has 0 atom stereocenters. The van der Waals surface area contributed by atoms with E-state index in [9.17, 15) is 9.59 Å². The van der Waals surface area contributed by atoms with E-state index in [2.05, 4.69) is 10.3 Å². The Morgan fingerprint density at radius 1 is 1.14 bits per heavy atom. The topological polar surface area (TPSA) is 79.3 Å². The number of hydrogen-bond acceptors (Lipinski definition) is 3. The molecule has 5 heteroatoms. The van der Waals surface area contributed by atoms with Crippen LogP contribution in [0.4, 0.5) is 0 Å². The van der Waals surface area contributed by atoms with Gasteiger partial charge in [-0.25, -0.2) is 4.79 Å². The van der Waals surface area contributed by atoms with E-state index < -0.39 is 5.97 Å². The fraction of sp³-hybridized carbons (Fsp3) is 0.588. The third-order valence-corrected chi connectivity index (χ3v) is 5.66. The molecule has 5 nitrogen and oxygen atoms in total. The molecule has 1 amide bonds. The molecule has 4 aliphatic carbocycles. The highest BCUT2D eigenvalue weighted by molar-refractivity contribution is 5.96. The standard InChI is InChI=1S/C17H20N2O3/c20-15(14-6-13(16(21)22)1-2-18-14)19-17-7-10-3-11(8-17)5-12(4-10)9-17/h1-2,6,10-12H,3-5,7-9H2,(H,19,20)(H,21,22). The Bertz CT molecular complexity index is 605. The molecule has 1 aromatic rings. The smallest absolute Gasteiger partial charge is 0.335 e. The summed E-state index contributed by atoms with van der Waals surface area (Å²) in [4.78, 5) is 27.6. The highest BCUT2D eigenvalue weighted by atomic mass is 16.4. The van der Waals surface area contributed by atoms with Crippen LogP contribution in [0.25, 0.3) is 0 Å². The highest BCUT2D eigenvalue weighted by Gasteiger charge is 2.51. The van der Waals surface area contributed by atoms with Crippen LogP contribution in [-0.2, 0) is 0 Å². The van der Waals surface area contributed by atoms with Gasteiger partial charge in [-0.3, -0.25) is 9.78 Å². The van der Waals surface area contributed by atoms with Gasteiger partial charge >= 0.3 is 5.97 Å². The van der Waals surface area contributed by atoms with Crippen molar-refractivity contribution in [2.45, 2.75) is 44.1 Å². The maximum absolute atomic E-state index is 12.5. The van der Waals surface area contributed by atoms with Gasteiger partial charge in [0.25, 0.3) is 5.91 Å². The van der Waals surface area contributed by atoms with Gasteiger partial charge in [0.1, 0.15) is 5.69 Å². The lowest BCUT2D eigenvalue weighted by atomic mass is 9.53. The molecular formula is C17H20N2O3. The van der Waals surface area contributed by atoms with E-state index in [0.29, 0.717) is 0 Å². The number of carboxylic acids is 1. The van der Waals surface area contributed by atoms with Gasteiger partial charge < -0.3 is 10.4 Å². The molecule has 4 aliphatic rings. The fourth-order valence-electron chi connectivity index (χ4n) is 5.26. The van der Waals surface area contributed by atoms with Gasteiger partial charge in [0.2, 0.25) is 0 Å². The second kappa shape index (κ2) is 4.80. The molecular weight excluding hydrogens is 280 g/mol. The van der Waals surface area contributed by atoms with Crippen molar-refractivity contribution in [3.63, 3.8) is 0 Å². The maximum Gasteiger partial charge on any atom is 0.335 e. The fourth-order valence-corrected chi connectivity index (χ4v) is 5.26. The lowest BCUT2D eigenvalue weighted by Crippen LogP contribution is -2.59. The molecule has 4 saturated carbocycles. The Balaban J connectivity index is 1.55. The number of carboxylic acid groups (broad SMARTS) is 1. The Morgan fingerprint density at radius 3 is 2.27 bits per heavy atom. The maximum atomic E-state index is 12.5. The van der Waals surface area contributed by atoms with Gasteiger partial charge in [0.05, 0.1) is 5.56 Å². The average molecular weight is 300 g/mol. The minimum absolute atomic E-state index is 0.0766. The first kappa shape index (κ1) is 13.7. The highest BCUT2D eigenvalue weighted by Crippen LogP contribution is 2.55. The van der Waals surface area contributed by atoms with Crippen molar-refractivity contribution in [3.05, 3.63) is 29.6 Å². The summed E-state index contributed by atoms with van der Waals surface area (Å²) in [7, 11) is 0. The summed E-state index contributed by atoms with van der Waals surface area (Å²) < 4.78 is 0. The van der Waals surface area contributed by atoms with E-state index in [1.54, 1.807) is 0 Å². The monoisotopic (exact) mass is 300 g/mol. The van der Waals surface area contributed by atoms with E-state index >= 15 is 0 Å². The number of aromatic nitrogens is 1. The Kier molecular flexibility index (Phi) is 2.99. The minimum atomic E-state index is -1.04. The summed E-state index contributed by atoms with van der Waals surface area (Å²) in [6, 6.07) is 2.77. The third-order valence-electron chi connectivity index (χ3n) is 5.66. The molecule has 1 heterocycles. The van der Waals surface area contributed by atoms with E-state index in [4.69, 9.17) is 5.11 Å². The lowest BCUT2D eigenvalue weighted by molar-refractivity contribution is -0.0167. The van der Waals surface area contributed by atoms with Crippen LogP contribution in [0.3, 0.4) is 0 Å². The number of carbonyl (C=O) groups excluding carboxylic acids is 1. The zero-order valence-electron chi connectivity index (χ0n) is 12.4. The Morgan fingerprint density at radius 2 is 1.73 bits per heavy atom. The first-order valence-corrected chi connectivity index (χ1v) is 8.05. The van der Waals surface area contributed by atoms with Crippen molar-refractivity contribution in [3.8, 4) is 0 Å². The summed E-state index contributed by atoms with van der Waals surface area (Å²) >= 11 is 0. The molecule has 0 saturated heterocycles. The van der Waals surface area contributed by atoms with Crippen LogP contribution in [0.1, 0.15) is 59.4 Å². The number of nitrogens with zero attached hydrogens (tertiary/aromatic N) is 1. The Labute approximate surface area is 129 Å². The van der Waals surface area contributed by atoms with Crippen LogP contribution in [0, 0.1) is 17.8 Å². The number of hydrogen-bond donors (Lipinski definition) is 2. The van der Waals surface area contributed by atoms with E-state index in [-0.39, 0.29) is 22.7 Å². The summed E-state index contributed by atoms with van der Waals surface area (Å²) in [5.74, 6) is 0.996. The molecule has 22 heavy (non-hydrogen) atoms. The first-order valence-electron chi connectivity index (χ1n) is 8.05. The Hall–Kier alpha value is -1.91. The van der Waals surface area contributed by atoms with Gasteiger partial charge in [0, 0.05) is 11.7 Å². The molecule has 0 unspecified atom stereocenters. The second-order valence-electron chi connectivity index (χ2n) is 7.39. The van der Waals surface area contributed by atoms with E-state index in [1.165, 1.54) is 37.6 Å². The molecule has 1 aromatic heterocycles. The summed E-state index contributed by atoms with van der Waals surface area (Å²) in [5, 5.41) is 12.2. The molecule has 5 rings (SSSR count). The largest absolute Gasteiger partial charge is 0.478 e. The van der Waals surface area contributed by atoms with Gasteiger partial charge in [0.15, 0.2) is 0 Å². The van der Waals surface area contributed by atoms with Crippen LogP contribution >= 0.6 is 0 Å². The van der Waals surface area contributed by atoms with Crippen LogP contribution in [0.2, 0.25) is 0 Å². The number of amides is 1. The minimum Gasteiger partial charge on any atom is -0.478 e. The first-order chi connectivity index (χ1) is 10.5. The van der Waals surface area contributed by atoms with E-state index in [0.717, 1.165) is 37.0 Å². The van der Waals surface area contributed by atoms with Gasteiger partial charge in [-0.15, -0.1) is 0 Å². The number of pyridine rings is 1. The predicted molar refractivity (Wildman–Crippen MR) is 79.6 cm³/mol. The number of carbonyl (C=O) groups is 2. The van der Waals surface area contributed by atoms with Crippen LogP contribution in [0.15, 0.2) is 18.3 Å². The van der Waals surface area contributed by atoms with Crippen LogP contribution in [-0.4, -0.2) is 27.5 Å². The van der Waals surface area contributed by atoms with Gasteiger partial charge in [-0.05, 0) is 68.4 Å². The third kappa shape index (κ3) is 2.28. The lowest BCUT2D eigenvalue weighted by Gasteiger charge is -2.56. The summed E-state index contributed by atoms with van der Waals surface area (Å²) in [6.45, 7) is 0.